The van der Waals surface area contributed by atoms with E-state index >= 15 is 0 Å². The smallest absolute Gasteiger partial charge is 0.237 e. The highest BCUT2D eigenvalue weighted by Gasteiger charge is 2.15. The number of benzene rings is 1. The van der Waals surface area contributed by atoms with Crippen LogP contribution >= 0.6 is 43.4 Å². The zero-order chi connectivity index (χ0) is 18.0. The number of ether oxygens (including phenoxy) is 1. The van der Waals surface area contributed by atoms with E-state index in [4.69, 9.17) is 9.72 Å². The maximum atomic E-state index is 5.39. The number of anilines is 2. The van der Waals surface area contributed by atoms with Crippen molar-refractivity contribution >= 4 is 70.7 Å². The van der Waals surface area contributed by atoms with Gasteiger partial charge in [0.15, 0.2) is 0 Å². The van der Waals surface area contributed by atoms with E-state index in [9.17, 15) is 0 Å². The summed E-state index contributed by atoms with van der Waals surface area (Å²) in [5.74, 6) is 2.46. The Morgan fingerprint density at radius 3 is 2.84 bits per heavy atom. The second-order valence-electron chi connectivity index (χ2n) is 5.80. The van der Waals surface area contributed by atoms with Gasteiger partial charge in [-0.05, 0) is 36.9 Å². The summed E-state index contributed by atoms with van der Waals surface area (Å²) < 4.78 is 8.52. The molecule has 1 N–H and O–H groups in total. The Morgan fingerprint density at radius 1 is 1.32 bits per heavy atom. The van der Waals surface area contributed by atoms with Crippen molar-refractivity contribution in [2.24, 2.45) is 0 Å². The zero-order valence-corrected chi connectivity index (χ0v) is 18.4. The van der Waals surface area contributed by atoms with Gasteiger partial charge in [0, 0.05) is 17.9 Å². The molecule has 0 fully saturated rings. The van der Waals surface area contributed by atoms with Crippen LogP contribution in [0, 0.1) is 0 Å². The summed E-state index contributed by atoms with van der Waals surface area (Å²) in [5, 5.41) is 6.59. The molecule has 0 saturated heterocycles. The van der Waals surface area contributed by atoms with E-state index in [1.165, 1.54) is 0 Å². The molecular formula is C17H20IN4OPS. The fourth-order valence-electron chi connectivity index (χ4n) is 2.40. The number of nitrogens with one attached hydrogen (secondary N) is 1. The van der Waals surface area contributed by atoms with Crippen molar-refractivity contribution in [3.05, 3.63) is 35.2 Å². The predicted octanol–water partition coefficient (Wildman–Crippen LogP) is 4.38. The van der Waals surface area contributed by atoms with Crippen LogP contribution in [0.5, 0.6) is 5.75 Å². The molecule has 0 amide bonds. The molecule has 0 aliphatic heterocycles. The number of halogens is 1. The van der Waals surface area contributed by atoms with E-state index in [0.717, 1.165) is 38.6 Å². The summed E-state index contributed by atoms with van der Waals surface area (Å²) in [5.41, 5.74) is 2.13. The molecule has 5 nitrogen and oxygen atoms in total. The van der Waals surface area contributed by atoms with Gasteiger partial charge >= 0.3 is 0 Å². The summed E-state index contributed by atoms with van der Waals surface area (Å²) >= 11 is 3.91. The van der Waals surface area contributed by atoms with Crippen molar-refractivity contribution < 1.29 is 4.74 Å². The third kappa shape index (κ3) is 3.99. The fraction of sp³-hybridized carbons (Fsp3) is 0.294. The number of hydrogen-bond acceptors (Lipinski definition) is 6. The number of methoxy groups -OCH3 is 1. The number of fused-ring (bicyclic) bond motifs is 1. The van der Waals surface area contributed by atoms with Crippen LogP contribution < -0.4 is 18.5 Å². The molecule has 132 valence electrons. The highest BCUT2D eigenvalue weighted by molar-refractivity contribution is 14.1. The van der Waals surface area contributed by atoms with Gasteiger partial charge in [-0.15, -0.1) is 20.6 Å². The Hall–Kier alpha value is -1.18. The van der Waals surface area contributed by atoms with Crippen molar-refractivity contribution in [1.29, 1.82) is 0 Å². The molecule has 1 atom stereocenters. The summed E-state index contributed by atoms with van der Waals surface area (Å²) in [6, 6.07) is 8.41. The third-order valence-electron chi connectivity index (χ3n) is 3.76. The minimum absolute atomic E-state index is 0.321. The SMILES string of the molecule is COc1cccc(CNc2nc(N(I)C(C)C)nc3ccsc23)c1P. The summed E-state index contributed by atoms with van der Waals surface area (Å²) in [7, 11) is 4.45. The maximum absolute atomic E-state index is 5.39. The minimum Gasteiger partial charge on any atom is -0.496 e. The second-order valence-corrected chi connectivity index (χ2v) is 8.33. The lowest BCUT2D eigenvalue weighted by Crippen LogP contribution is -2.21. The van der Waals surface area contributed by atoms with E-state index in [0.29, 0.717) is 12.6 Å². The Morgan fingerprint density at radius 2 is 2.12 bits per heavy atom. The molecule has 0 radical (unpaired) electrons. The fourth-order valence-corrected chi connectivity index (χ4v) is 3.82. The minimum atomic E-state index is 0.321. The summed E-state index contributed by atoms with van der Waals surface area (Å²) in [4.78, 5) is 9.42. The number of aromatic nitrogens is 2. The zero-order valence-electron chi connectivity index (χ0n) is 14.3. The molecule has 2 aromatic heterocycles. The quantitative estimate of drug-likeness (QED) is 0.319. The molecule has 0 aliphatic rings. The molecule has 3 rings (SSSR count). The van der Waals surface area contributed by atoms with Crippen molar-refractivity contribution in [3.8, 4) is 5.75 Å². The number of hydrogen-bond donors (Lipinski definition) is 1. The highest BCUT2D eigenvalue weighted by Crippen LogP contribution is 2.30. The average Bonchev–Trinajstić information content (AvgIpc) is 3.08. The van der Waals surface area contributed by atoms with Gasteiger partial charge in [0.2, 0.25) is 5.95 Å². The third-order valence-corrected chi connectivity index (χ3v) is 6.87. The van der Waals surface area contributed by atoms with Gasteiger partial charge in [0.25, 0.3) is 0 Å². The highest BCUT2D eigenvalue weighted by atomic mass is 127. The van der Waals surface area contributed by atoms with Crippen molar-refractivity contribution in [3.63, 3.8) is 0 Å². The number of thiophene rings is 1. The normalized spacial score (nSPS) is 11.1. The Bertz CT molecular complexity index is 886. The van der Waals surface area contributed by atoms with Gasteiger partial charge in [-0.1, -0.05) is 12.1 Å². The molecular weight excluding hydrogens is 466 g/mol. The van der Waals surface area contributed by atoms with Crippen LogP contribution in [0.2, 0.25) is 0 Å². The molecule has 0 aliphatic carbocycles. The van der Waals surface area contributed by atoms with Crippen LogP contribution in [0.1, 0.15) is 19.4 Å². The van der Waals surface area contributed by atoms with Crippen LogP contribution in [-0.4, -0.2) is 23.1 Å². The van der Waals surface area contributed by atoms with Gasteiger partial charge in [0.05, 0.1) is 40.2 Å². The van der Waals surface area contributed by atoms with Crippen LogP contribution in [0.15, 0.2) is 29.6 Å². The molecule has 0 spiro atoms. The topological polar surface area (TPSA) is 50.3 Å². The molecule has 0 bridgehead atoms. The van der Waals surface area contributed by atoms with Gasteiger partial charge in [0.1, 0.15) is 11.6 Å². The van der Waals surface area contributed by atoms with Crippen molar-refractivity contribution in [1.82, 2.24) is 9.97 Å². The first-order valence-corrected chi connectivity index (χ1v) is 10.3. The monoisotopic (exact) mass is 486 g/mol. The van der Waals surface area contributed by atoms with Crippen LogP contribution in [0.25, 0.3) is 10.2 Å². The first kappa shape index (κ1) is 18.6. The average molecular weight is 486 g/mol. The van der Waals surface area contributed by atoms with Crippen molar-refractivity contribution in [2.75, 3.05) is 15.5 Å². The Balaban J connectivity index is 1.92. The number of nitrogens with zero attached hydrogens (tertiary/aromatic N) is 3. The molecule has 3 aromatic rings. The van der Waals surface area contributed by atoms with Crippen molar-refractivity contribution in [2.45, 2.75) is 26.4 Å². The molecule has 2 heterocycles. The standard InChI is InChI=1S/C17H20IN4OPS/c1-10(2)22(18)17-20-12-7-8-25-15(12)16(21-17)19-9-11-5-4-6-13(23-3)14(11)24/h4-8,10H,9,24H2,1-3H3,(H,19,20,21). The maximum Gasteiger partial charge on any atom is 0.237 e. The van der Waals surface area contributed by atoms with Crippen LogP contribution in [-0.2, 0) is 6.54 Å². The van der Waals surface area contributed by atoms with E-state index < -0.39 is 0 Å². The largest absolute Gasteiger partial charge is 0.496 e. The first-order valence-electron chi connectivity index (χ1n) is 7.86. The van der Waals surface area contributed by atoms with E-state index in [-0.39, 0.29) is 0 Å². The van der Waals surface area contributed by atoms with E-state index in [2.05, 4.69) is 62.3 Å². The van der Waals surface area contributed by atoms with E-state index in [1.807, 2.05) is 26.7 Å². The van der Waals surface area contributed by atoms with Gasteiger partial charge in [-0.2, -0.15) is 4.98 Å². The Labute approximate surface area is 167 Å². The molecule has 25 heavy (non-hydrogen) atoms. The molecule has 1 unspecified atom stereocenters. The lowest BCUT2D eigenvalue weighted by atomic mass is 10.2. The number of rotatable bonds is 6. The van der Waals surface area contributed by atoms with Crippen LogP contribution in [0.4, 0.5) is 11.8 Å². The lowest BCUT2D eigenvalue weighted by molar-refractivity contribution is 0.418. The van der Waals surface area contributed by atoms with Gasteiger partial charge in [-0.25, -0.2) is 4.98 Å². The lowest BCUT2D eigenvalue weighted by Gasteiger charge is -2.19. The van der Waals surface area contributed by atoms with Crippen LogP contribution in [0.3, 0.4) is 0 Å². The summed E-state index contributed by atoms with van der Waals surface area (Å²) in [6.07, 6.45) is 0. The molecule has 8 heteroatoms. The molecule has 0 saturated carbocycles. The predicted molar refractivity (Wildman–Crippen MR) is 119 cm³/mol. The van der Waals surface area contributed by atoms with Gasteiger partial charge < -0.3 is 10.1 Å². The van der Waals surface area contributed by atoms with Gasteiger partial charge in [-0.3, -0.25) is 3.11 Å². The summed E-state index contributed by atoms with van der Waals surface area (Å²) in [6.45, 7) is 4.91. The molecule has 1 aromatic carbocycles. The van der Waals surface area contributed by atoms with E-state index in [1.54, 1.807) is 18.4 Å². The first-order chi connectivity index (χ1) is 12.0. The Kier molecular flexibility index (Phi) is 5.96. The second kappa shape index (κ2) is 8.01.